The summed E-state index contributed by atoms with van der Waals surface area (Å²) in [6, 6.07) is 8.01. The summed E-state index contributed by atoms with van der Waals surface area (Å²) >= 11 is 0. The van der Waals surface area contributed by atoms with E-state index in [0.29, 0.717) is 13.0 Å². The summed E-state index contributed by atoms with van der Waals surface area (Å²) in [5, 5.41) is 3.01. The second-order valence-corrected chi connectivity index (χ2v) is 7.46. The third-order valence-electron chi connectivity index (χ3n) is 5.72. The van der Waals surface area contributed by atoms with Gasteiger partial charge in [-0.25, -0.2) is 0 Å². The monoisotopic (exact) mass is 419 g/mol. The van der Waals surface area contributed by atoms with E-state index in [1.807, 2.05) is 39.0 Å². The van der Waals surface area contributed by atoms with Crippen molar-refractivity contribution in [1.82, 2.24) is 4.90 Å². The highest BCUT2D eigenvalue weighted by Crippen LogP contribution is 2.50. The van der Waals surface area contributed by atoms with E-state index < -0.39 is 5.54 Å². The molecule has 1 aliphatic carbocycles. The molecule has 2 atom stereocenters. The molecule has 7 heteroatoms. The van der Waals surface area contributed by atoms with Crippen LogP contribution in [0.25, 0.3) is 0 Å². The average Bonchev–Trinajstić information content (AvgIpc) is 2.59. The number of halogens is 2. The molecular formula is C20H35Cl2N3O2. The number of anilines is 1. The number of benzene rings is 1. The summed E-state index contributed by atoms with van der Waals surface area (Å²) in [7, 11) is 0. The van der Waals surface area contributed by atoms with Crippen LogP contribution >= 0.6 is 24.8 Å². The molecule has 0 heterocycles. The molecule has 1 aromatic rings. The van der Waals surface area contributed by atoms with Crippen LogP contribution in [0.15, 0.2) is 24.3 Å². The van der Waals surface area contributed by atoms with E-state index in [4.69, 9.17) is 10.5 Å². The zero-order chi connectivity index (χ0) is 18.7. The summed E-state index contributed by atoms with van der Waals surface area (Å²) in [5.41, 5.74) is 7.16. The van der Waals surface area contributed by atoms with Crippen molar-refractivity contribution in [1.29, 1.82) is 0 Å². The minimum atomic E-state index is -0.901. The minimum Gasteiger partial charge on any atom is -0.378 e. The lowest BCUT2D eigenvalue weighted by Crippen LogP contribution is -2.74. The number of ether oxygens (including phenoxy) is 1. The fraction of sp³-hybridized carbons (Fsp3) is 0.650. The zero-order valence-electron chi connectivity index (χ0n) is 17.1. The lowest BCUT2D eigenvalue weighted by Gasteiger charge is -2.57. The first kappa shape index (κ1) is 26.1. The maximum absolute atomic E-state index is 12.8. The van der Waals surface area contributed by atoms with Gasteiger partial charge in [-0.3, -0.25) is 9.69 Å². The van der Waals surface area contributed by atoms with Crippen LogP contribution in [0.5, 0.6) is 0 Å². The standard InChI is InChI=1S/C20H33N3O2.2ClH/c1-6-23(7-2)14-15-10-9-11-16(12-15)22-18(24)20(21)13-17(25-8-3)19(20,4)5;;/h9-12,17H,6-8,13-14,21H2,1-5H3,(H,22,24);2*1H. The van der Waals surface area contributed by atoms with Gasteiger partial charge < -0.3 is 15.8 Å². The second-order valence-electron chi connectivity index (χ2n) is 7.46. The molecule has 0 saturated heterocycles. The third-order valence-corrected chi connectivity index (χ3v) is 5.72. The lowest BCUT2D eigenvalue weighted by atomic mass is 9.54. The number of hydrogen-bond acceptors (Lipinski definition) is 4. The smallest absolute Gasteiger partial charge is 0.245 e. The van der Waals surface area contributed by atoms with Crippen molar-refractivity contribution in [2.24, 2.45) is 11.1 Å². The molecule has 0 radical (unpaired) electrons. The molecule has 1 amide bonds. The number of nitrogens with two attached hydrogens (primary N) is 1. The van der Waals surface area contributed by atoms with Gasteiger partial charge in [0.25, 0.3) is 0 Å². The largest absolute Gasteiger partial charge is 0.378 e. The Bertz CT molecular complexity index is 609. The number of rotatable bonds is 8. The van der Waals surface area contributed by atoms with E-state index in [9.17, 15) is 4.79 Å². The van der Waals surface area contributed by atoms with E-state index in [-0.39, 0.29) is 42.2 Å². The molecule has 1 saturated carbocycles. The van der Waals surface area contributed by atoms with Gasteiger partial charge in [0.2, 0.25) is 5.91 Å². The van der Waals surface area contributed by atoms with Crippen LogP contribution in [0, 0.1) is 5.41 Å². The van der Waals surface area contributed by atoms with Gasteiger partial charge in [-0.1, -0.05) is 39.8 Å². The predicted molar refractivity (Wildman–Crippen MR) is 117 cm³/mol. The number of carbonyl (C=O) groups excluding carboxylic acids is 1. The normalized spacial score (nSPS) is 23.0. The van der Waals surface area contributed by atoms with Crippen molar-refractivity contribution >= 4 is 36.4 Å². The molecule has 0 aromatic heterocycles. The van der Waals surface area contributed by atoms with Gasteiger partial charge in [0, 0.05) is 30.7 Å². The lowest BCUT2D eigenvalue weighted by molar-refractivity contribution is -0.166. The Morgan fingerprint density at radius 1 is 1.26 bits per heavy atom. The van der Waals surface area contributed by atoms with Gasteiger partial charge >= 0.3 is 0 Å². The molecule has 156 valence electrons. The van der Waals surface area contributed by atoms with Gasteiger partial charge in [-0.05, 0) is 37.7 Å². The number of amides is 1. The Labute approximate surface area is 176 Å². The van der Waals surface area contributed by atoms with E-state index >= 15 is 0 Å². The molecule has 27 heavy (non-hydrogen) atoms. The molecule has 2 rings (SSSR count). The molecule has 3 N–H and O–H groups in total. The Hall–Kier alpha value is -0.850. The van der Waals surface area contributed by atoms with Crippen LogP contribution in [-0.2, 0) is 16.1 Å². The molecule has 1 aromatic carbocycles. The molecule has 1 fully saturated rings. The Kier molecular flexibility index (Phi) is 10.3. The van der Waals surface area contributed by atoms with Gasteiger partial charge in [0.05, 0.1) is 6.10 Å². The molecule has 2 unspecified atom stereocenters. The summed E-state index contributed by atoms with van der Waals surface area (Å²) in [4.78, 5) is 15.2. The average molecular weight is 420 g/mol. The summed E-state index contributed by atoms with van der Waals surface area (Å²) in [6.45, 7) is 13.8. The first-order chi connectivity index (χ1) is 11.8. The summed E-state index contributed by atoms with van der Waals surface area (Å²) < 4.78 is 5.71. The molecule has 0 spiro atoms. The number of carbonyl (C=O) groups is 1. The van der Waals surface area contributed by atoms with Crippen LogP contribution in [0.3, 0.4) is 0 Å². The fourth-order valence-electron chi connectivity index (χ4n) is 3.52. The molecule has 0 bridgehead atoms. The quantitative estimate of drug-likeness (QED) is 0.671. The Morgan fingerprint density at radius 3 is 2.41 bits per heavy atom. The van der Waals surface area contributed by atoms with Crippen LogP contribution in [0.1, 0.15) is 46.6 Å². The first-order valence-electron chi connectivity index (χ1n) is 9.31. The molecule has 5 nitrogen and oxygen atoms in total. The zero-order valence-corrected chi connectivity index (χ0v) is 18.7. The van der Waals surface area contributed by atoms with Crippen LogP contribution < -0.4 is 11.1 Å². The molecule has 1 aliphatic rings. The number of nitrogens with zero attached hydrogens (tertiary/aromatic N) is 1. The van der Waals surface area contributed by atoms with Crippen molar-refractivity contribution in [3.05, 3.63) is 29.8 Å². The summed E-state index contributed by atoms with van der Waals surface area (Å²) in [6.07, 6.45) is 0.584. The van der Waals surface area contributed by atoms with E-state index in [1.165, 1.54) is 5.56 Å². The van der Waals surface area contributed by atoms with Crippen molar-refractivity contribution in [3.8, 4) is 0 Å². The Morgan fingerprint density at radius 2 is 1.89 bits per heavy atom. The topological polar surface area (TPSA) is 67.6 Å². The SMILES string of the molecule is CCOC1CC(N)(C(=O)Nc2cccc(CN(CC)CC)c2)C1(C)C.Cl.Cl. The first-order valence-corrected chi connectivity index (χ1v) is 9.31. The number of nitrogens with one attached hydrogen (secondary N) is 1. The highest BCUT2D eigenvalue weighted by molar-refractivity contribution is 5.99. The van der Waals surface area contributed by atoms with Crippen LogP contribution in [0.2, 0.25) is 0 Å². The van der Waals surface area contributed by atoms with Crippen molar-refractivity contribution < 1.29 is 9.53 Å². The van der Waals surface area contributed by atoms with Crippen molar-refractivity contribution in [2.75, 3.05) is 25.0 Å². The van der Waals surface area contributed by atoms with Gasteiger partial charge in [0.1, 0.15) is 5.54 Å². The van der Waals surface area contributed by atoms with Gasteiger partial charge in [-0.15, -0.1) is 24.8 Å². The van der Waals surface area contributed by atoms with E-state index in [2.05, 4.69) is 30.1 Å². The van der Waals surface area contributed by atoms with Crippen molar-refractivity contribution in [2.45, 2.75) is 59.2 Å². The van der Waals surface area contributed by atoms with Gasteiger partial charge in [0.15, 0.2) is 0 Å². The van der Waals surface area contributed by atoms with E-state index in [0.717, 1.165) is 25.3 Å². The van der Waals surface area contributed by atoms with Crippen molar-refractivity contribution in [3.63, 3.8) is 0 Å². The highest BCUT2D eigenvalue weighted by Gasteiger charge is 2.62. The maximum Gasteiger partial charge on any atom is 0.245 e. The van der Waals surface area contributed by atoms with Gasteiger partial charge in [-0.2, -0.15) is 0 Å². The van der Waals surface area contributed by atoms with E-state index in [1.54, 1.807) is 0 Å². The molecule has 0 aliphatic heterocycles. The second kappa shape index (κ2) is 10.6. The highest BCUT2D eigenvalue weighted by atomic mass is 35.5. The fourth-order valence-corrected chi connectivity index (χ4v) is 3.52. The minimum absolute atomic E-state index is 0. The maximum atomic E-state index is 12.8. The van der Waals surface area contributed by atoms with Crippen LogP contribution in [-0.4, -0.2) is 42.1 Å². The Balaban J connectivity index is 0.00000338. The number of hydrogen-bond donors (Lipinski definition) is 2. The third kappa shape index (κ3) is 5.36. The molecular weight excluding hydrogens is 385 g/mol. The summed E-state index contributed by atoms with van der Waals surface area (Å²) in [5.74, 6) is -0.131. The van der Waals surface area contributed by atoms with Crippen LogP contribution in [0.4, 0.5) is 5.69 Å². The predicted octanol–water partition coefficient (Wildman–Crippen LogP) is 3.84.